The Hall–Kier alpha value is -2.24. The maximum absolute atomic E-state index is 12.6. The predicted octanol–water partition coefficient (Wildman–Crippen LogP) is 4.59. The zero-order valence-electron chi connectivity index (χ0n) is 12.2. The average Bonchev–Trinajstić information content (AvgIpc) is 2.82. The van der Waals surface area contributed by atoms with Gasteiger partial charge in [-0.1, -0.05) is 35.9 Å². The Balaban J connectivity index is 1.97. The maximum atomic E-state index is 12.6. The first-order valence-corrected chi connectivity index (χ1v) is 7.96. The molecule has 1 aliphatic heterocycles. The Morgan fingerprint density at radius 3 is 2.65 bits per heavy atom. The molecule has 0 bridgehead atoms. The van der Waals surface area contributed by atoms with Gasteiger partial charge in [-0.05, 0) is 42.1 Å². The minimum atomic E-state index is -0.367. The van der Waals surface area contributed by atoms with E-state index in [0.717, 1.165) is 22.2 Å². The highest BCUT2D eigenvalue weighted by Crippen LogP contribution is 2.37. The Morgan fingerprint density at radius 1 is 1.13 bits per heavy atom. The quantitative estimate of drug-likeness (QED) is 0.763. The van der Waals surface area contributed by atoms with Crippen LogP contribution in [0.5, 0.6) is 5.75 Å². The minimum Gasteiger partial charge on any atom is -0.496 e. The number of carbonyl (C=O) groups excluding carboxylic acids is 2. The summed E-state index contributed by atoms with van der Waals surface area (Å²) in [5.41, 5.74) is 1.20. The molecule has 0 spiro atoms. The predicted molar refractivity (Wildman–Crippen MR) is 92.9 cm³/mol. The van der Waals surface area contributed by atoms with Gasteiger partial charge in [-0.25, -0.2) is 4.90 Å². The van der Waals surface area contributed by atoms with Crippen LogP contribution in [0.3, 0.4) is 0 Å². The Kier molecular flexibility index (Phi) is 4.41. The van der Waals surface area contributed by atoms with E-state index in [9.17, 15) is 9.59 Å². The number of nitrogens with zero attached hydrogens (tertiary/aromatic N) is 1. The summed E-state index contributed by atoms with van der Waals surface area (Å²) < 4.78 is 5.26. The van der Waals surface area contributed by atoms with E-state index >= 15 is 0 Å². The lowest BCUT2D eigenvalue weighted by atomic mass is 10.2. The molecule has 0 aromatic heterocycles. The number of para-hydroxylation sites is 1. The lowest BCUT2D eigenvalue weighted by Gasteiger charge is -2.12. The van der Waals surface area contributed by atoms with Crippen molar-refractivity contribution in [3.8, 4) is 5.75 Å². The highest BCUT2D eigenvalue weighted by atomic mass is 35.5. The third kappa shape index (κ3) is 3.11. The fourth-order valence-electron chi connectivity index (χ4n) is 2.23. The van der Waals surface area contributed by atoms with Gasteiger partial charge in [0.25, 0.3) is 11.1 Å². The average molecular weight is 346 g/mol. The minimum absolute atomic E-state index is 0.347. The van der Waals surface area contributed by atoms with Gasteiger partial charge >= 0.3 is 0 Å². The van der Waals surface area contributed by atoms with E-state index in [1.165, 1.54) is 0 Å². The summed E-state index contributed by atoms with van der Waals surface area (Å²) in [4.78, 5) is 26.2. The van der Waals surface area contributed by atoms with Gasteiger partial charge in [-0.15, -0.1) is 0 Å². The second kappa shape index (κ2) is 6.48. The summed E-state index contributed by atoms with van der Waals surface area (Å²) in [6, 6.07) is 14.0. The number of rotatable bonds is 3. The van der Waals surface area contributed by atoms with Crippen molar-refractivity contribution in [2.45, 2.75) is 0 Å². The molecule has 2 aromatic rings. The number of halogens is 1. The number of imide groups is 1. The molecule has 6 heteroatoms. The lowest BCUT2D eigenvalue weighted by Crippen LogP contribution is -2.27. The van der Waals surface area contributed by atoms with Crippen LogP contribution in [-0.4, -0.2) is 18.3 Å². The second-order valence-corrected chi connectivity index (χ2v) is 6.17. The third-order valence-electron chi connectivity index (χ3n) is 3.29. The van der Waals surface area contributed by atoms with E-state index in [-0.39, 0.29) is 11.1 Å². The van der Waals surface area contributed by atoms with Crippen molar-refractivity contribution in [2.24, 2.45) is 0 Å². The first kappa shape index (κ1) is 15.6. The molecule has 0 radical (unpaired) electrons. The van der Waals surface area contributed by atoms with Gasteiger partial charge in [-0.3, -0.25) is 9.59 Å². The van der Waals surface area contributed by atoms with Crippen molar-refractivity contribution in [3.63, 3.8) is 0 Å². The van der Waals surface area contributed by atoms with E-state index in [4.69, 9.17) is 16.3 Å². The maximum Gasteiger partial charge on any atom is 0.298 e. The largest absolute Gasteiger partial charge is 0.496 e. The molecular formula is C17H12ClNO3S. The monoisotopic (exact) mass is 345 g/mol. The molecule has 0 unspecified atom stereocenters. The fourth-order valence-corrected chi connectivity index (χ4v) is 3.25. The van der Waals surface area contributed by atoms with Crippen LogP contribution >= 0.6 is 23.4 Å². The SMILES string of the molecule is COc1ccccc1/C=C1\SC(=O)N(c2cccc(Cl)c2)C1=O. The molecule has 0 aliphatic carbocycles. The van der Waals surface area contributed by atoms with Crippen molar-refractivity contribution in [2.75, 3.05) is 12.0 Å². The van der Waals surface area contributed by atoms with Crippen LogP contribution in [0, 0.1) is 0 Å². The van der Waals surface area contributed by atoms with Crippen LogP contribution in [0.2, 0.25) is 5.02 Å². The number of ether oxygens (including phenoxy) is 1. The van der Waals surface area contributed by atoms with Gasteiger partial charge in [0.1, 0.15) is 5.75 Å². The van der Waals surface area contributed by atoms with Crippen molar-refractivity contribution in [1.82, 2.24) is 0 Å². The molecule has 4 nitrogen and oxygen atoms in total. The highest BCUT2D eigenvalue weighted by molar-refractivity contribution is 8.19. The zero-order chi connectivity index (χ0) is 16.4. The van der Waals surface area contributed by atoms with Crippen molar-refractivity contribution >= 4 is 46.3 Å². The number of anilines is 1. The van der Waals surface area contributed by atoms with Gasteiger partial charge in [0.15, 0.2) is 0 Å². The smallest absolute Gasteiger partial charge is 0.298 e. The van der Waals surface area contributed by atoms with Crippen LogP contribution in [0.1, 0.15) is 5.56 Å². The highest BCUT2D eigenvalue weighted by Gasteiger charge is 2.36. The molecule has 1 aliphatic rings. The van der Waals surface area contributed by atoms with E-state index in [0.29, 0.717) is 21.4 Å². The molecule has 2 amide bonds. The van der Waals surface area contributed by atoms with Gasteiger partial charge in [0.2, 0.25) is 0 Å². The van der Waals surface area contributed by atoms with Crippen LogP contribution < -0.4 is 9.64 Å². The number of methoxy groups -OCH3 is 1. The van der Waals surface area contributed by atoms with Crippen LogP contribution in [-0.2, 0) is 4.79 Å². The number of hydrogen-bond acceptors (Lipinski definition) is 4. The molecule has 0 N–H and O–H groups in total. The zero-order valence-corrected chi connectivity index (χ0v) is 13.7. The van der Waals surface area contributed by atoms with Crippen LogP contribution in [0.4, 0.5) is 10.5 Å². The van der Waals surface area contributed by atoms with Crippen molar-refractivity contribution in [1.29, 1.82) is 0 Å². The first-order valence-electron chi connectivity index (χ1n) is 6.76. The molecule has 0 saturated carbocycles. The molecular weight excluding hydrogens is 334 g/mol. The van der Waals surface area contributed by atoms with Crippen molar-refractivity contribution < 1.29 is 14.3 Å². The summed E-state index contributed by atoms with van der Waals surface area (Å²) in [5, 5.41) is 0.119. The van der Waals surface area contributed by atoms with Crippen molar-refractivity contribution in [3.05, 3.63) is 64.0 Å². The number of amides is 2. The molecule has 1 saturated heterocycles. The third-order valence-corrected chi connectivity index (χ3v) is 4.39. The Labute approximate surface area is 142 Å². The molecule has 1 fully saturated rings. The summed E-state index contributed by atoms with van der Waals surface area (Å²) in [6.07, 6.45) is 1.66. The van der Waals surface area contributed by atoms with Gasteiger partial charge < -0.3 is 4.74 Å². The molecule has 116 valence electrons. The van der Waals surface area contributed by atoms with Gasteiger partial charge in [0, 0.05) is 10.6 Å². The topological polar surface area (TPSA) is 46.6 Å². The summed E-state index contributed by atoms with van der Waals surface area (Å²) in [7, 11) is 1.56. The molecule has 1 heterocycles. The van der Waals surface area contributed by atoms with Gasteiger partial charge in [-0.2, -0.15) is 0 Å². The number of hydrogen-bond donors (Lipinski definition) is 0. The molecule has 2 aromatic carbocycles. The van der Waals surface area contributed by atoms with Gasteiger partial charge in [0.05, 0.1) is 17.7 Å². The summed E-state index contributed by atoms with van der Waals surface area (Å²) >= 11 is 6.83. The number of thioether (sulfide) groups is 1. The van der Waals surface area contributed by atoms with Crippen LogP contribution in [0.25, 0.3) is 6.08 Å². The lowest BCUT2D eigenvalue weighted by molar-refractivity contribution is -0.113. The van der Waals surface area contributed by atoms with E-state index in [2.05, 4.69) is 0 Å². The van der Waals surface area contributed by atoms with Crippen LogP contribution in [0.15, 0.2) is 53.4 Å². The second-order valence-electron chi connectivity index (χ2n) is 4.74. The summed E-state index contributed by atoms with van der Waals surface area (Å²) in [5.74, 6) is 0.273. The van der Waals surface area contributed by atoms with E-state index in [1.54, 1.807) is 43.5 Å². The number of carbonyl (C=O) groups is 2. The van der Waals surface area contributed by atoms with E-state index < -0.39 is 0 Å². The molecule has 0 atom stereocenters. The Bertz CT molecular complexity index is 819. The molecule has 3 rings (SSSR count). The summed E-state index contributed by atoms with van der Waals surface area (Å²) in [6.45, 7) is 0. The standard InChI is InChI=1S/C17H12ClNO3S/c1-22-14-8-3-2-5-11(14)9-15-16(20)19(17(21)23-15)13-7-4-6-12(18)10-13/h2-10H,1H3/b15-9-. The molecule has 23 heavy (non-hydrogen) atoms. The Morgan fingerprint density at radius 2 is 1.91 bits per heavy atom. The normalized spacial score (nSPS) is 16.3. The number of benzene rings is 2. The first-order chi connectivity index (χ1) is 11.1. The van der Waals surface area contributed by atoms with E-state index in [1.807, 2.05) is 18.2 Å². The fraction of sp³-hybridized carbons (Fsp3) is 0.0588.